The van der Waals surface area contributed by atoms with Crippen LogP contribution in [0.2, 0.25) is 0 Å². The number of hydrogen-bond acceptors (Lipinski definition) is 7. The van der Waals surface area contributed by atoms with Crippen LogP contribution in [0.5, 0.6) is 0 Å². The molecule has 0 atom stereocenters. The van der Waals surface area contributed by atoms with Crippen LogP contribution in [-0.4, -0.2) is 39.8 Å². The fourth-order valence-corrected chi connectivity index (χ4v) is 4.12. The molecule has 0 aliphatic heterocycles. The second-order valence-electron chi connectivity index (χ2n) is 7.76. The third-order valence-electron chi connectivity index (χ3n) is 4.68. The van der Waals surface area contributed by atoms with Gasteiger partial charge in [0.05, 0.1) is 45.3 Å². The molecule has 35 heavy (non-hydrogen) atoms. The minimum absolute atomic E-state index is 0.0129. The smallest absolute Gasteiger partial charge is 0.418 e. The van der Waals surface area contributed by atoms with Gasteiger partial charge in [-0.05, 0) is 26.0 Å². The average Bonchev–Trinajstić information content (AvgIpc) is 3.37. The maximum atomic E-state index is 13.6. The number of methoxy groups -OCH3 is 1. The van der Waals surface area contributed by atoms with Crippen molar-refractivity contribution in [2.75, 3.05) is 12.4 Å². The Kier molecular flexibility index (Phi) is 7.13. The summed E-state index contributed by atoms with van der Waals surface area (Å²) in [6, 6.07) is 0.933. The first kappa shape index (κ1) is 26.0. The number of fused-ring (bicyclic) bond motifs is 3. The fraction of sp³-hybridized carbons (Fsp3) is 0.238. The Morgan fingerprint density at radius 3 is 2.57 bits per heavy atom. The molecular formula is C21H20ClF3N6O3S. The van der Waals surface area contributed by atoms with E-state index in [4.69, 9.17) is 11.6 Å². The molecule has 0 radical (unpaired) electrons. The Labute approximate surface area is 206 Å². The number of thiazole rings is 1. The molecule has 0 unspecified atom stereocenters. The van der Waals surface area contributed by atoms with Crippen LogP contribution in [0.25, 0.3) is 21.1 Å². The molecule has 3 rings (SSSR count). The first-order chi connectivity index (χ1) is 16.2. The Balaban J connectivity index is 1.85. The number of nitrogens with zero attached hydrogens (tertiary/aromatic N) is 2. The number of ether oxygens (including phenoxy) is 1. The Hall–Kier alpha value is -3.58. The van der Waals surface area contributed by atoms with Crippen LogP contribution in [0.15, 0.2) is 47.9 Å². The maximum absolute atomic E-state index is 13.6. The van der Waals surface area contributed by atoms with Crippen molar-refractivity contribution in [3.8, 4) is 0 Å². The highest BCUT2D eigenvalue weighted by molar-refractivity contribution is 7.23. The maximum Gasteiger partial charge on any atom is 0.418 e. The number of alkyl carbamates (subject to hydrolysis) is 1. The minimum Gasteiger partial charge on any atom is -0.453 e. The lowest BCUT2D eigenvalue weighted by Crippen LogP contribution is -2.49. The van der Waals surface area contributed by atoms with Gasteiger partial charge >= 0.3 is 12.3 Å². The van der Waals surface area contributed by atoms with Gasteiger partial charge in [-0.2, -0.15) is 18.3 Å². The van der Waals surface area contributed by atoms with Gasteiger partial charge in [0.15, 0.2) is 5.13 Å². The van der Waals surface area contributed by atoms with Crippen molar-refractivity contribution < 1.29 is 27.5 Å². The minimum atomic E-state index is -4.65. The Morgan fingerprint density at radius 2 is 1.97 bits per heavy atom. The topological polar surface area (TPSA) is 121 Å². The van der Waals surface area contributed by atoms with Crippen molar-refractivity contribution in [1.29, 1.82) is 0 Å². The van der Waals surface area contributed by atoms with E-state index in [0.29, 0.717) is 5.39 Å². The lowest BCUT2D eigenvalue weighted by Gasteiger charge is -2.26. The summed E-state index contributed by atoms with van der Waals surface area (Å²) in [5.41, 5.74) is -2.06. The number of alkyl halides is 3. The number of rotatable bonds is 7. The van der Waals surface area contributed by atoms with E-state index in [0.717, 1.165) is 17.4 Å². The van der Waals surface area contributed by atoms with E-state index >= 15 is 0 Å². The molecule has 2 heterocycles. The Morgan fingerprint density at radius 1 is 1.29 bits per heavy atom. The number of amides is 2. The summed E-state index contributed by atoms with van der Waals surface area (Å²) in [6.07, 6.45) is -2.71. The van der Waals surface area contributed by atoms with Gasteiger partial charge in [0.2, 0.25) is 0 Å². The largest absolute Gasteiger partial charge is 0.453 e. The molecule has 0 spiro atoms. The molecule has 3 aromatic rings. The summed E-state index contributed by atoms with van der Waals surface area (Å²) < 4.78 is 45.5. The molecule has 4 N–H and O–H groups in total. The van der Waals surface area contributed by atoms with E-state index in [1.807, 2.05) is 0 Å². The van der Waals surface area contributed by atoms with E-state index < -0.39 is 29.3 Å². The standard InChI is InChI=1S/C21H20ClF3N6O3S/c1-9(6-13(10(2)22)27-19(33)34-5)30-20(3,4)17(32)29-18-28-15-12(21(23,24)25)7-14-11(8-26-31-14)16(15)35-18/h6-8,30H,1-2H2,3-5H3,(H,26,31)(H,27,33)(H,28,29,32)/b13-6+. The van der Waals surface area contributed by atoms with Crippen LogP contribution in [-0.2, 0) is 15.7 Å². The number of anilines is 1. The second kappa shape index (κ2) is 9.58. The van der Waals surface area contributed by atoms with Gasteiger partial charge in [0.1, 0.15) is 5.54 Å². The molecule has 2 amide bonds. The van der Waals surface area contributed by atoms with Crippen LogP contribution in [0.1, 0.15) is 19.4 Å². The number of aromatic amines is 1. The molecule has 0 saturated heterocycles. The number of carbonyl (C=O) groups excluding carboxylic acids is 2. The highest BCUT2D eigenvalue weighted by Gasteiger charge is 2.36. The van der Waals surface area contributed by atoms with Gasteiger partial charge in [-0.15, -0.1) is 0 Å². The SMILES string of the molecule is C=C(/C=C(/NC(=O)OC)C(=C)Cl)NC(C)(C)C(=O)Nc1nc2c(C(F)(F)F)cc3[nH]ncc3c2s1. The second-order valence-corrected chi connectivity index (χ2v) is 9.21. The van der Waals surface area contributed by atoms with E-state index in [2.05, 4.69) is 49.0 Å². The highest BCUT2D eigenvalue weighted by Crippen LogP contribution is 2.41. The number of halogens is 4. The molecule has 0 bridgehead atoms. The summed E-state index contributed by atoms with van der Waals surface area (Å²) in [6.45, 7) is 10.4. The van der Waals surface area contributed by atoms with E-state index in [1.165, 1.54) is 33.2 Å². The van der Waals surface area contributed by atoms with Crippen LogP contribution < -0.4 is 16.0 Å². The third kappa shape index (κ3) is 5.74. The van der Waals surface area contributed by atoms with Crippen molar-refractivity contribution in [2.45, 2.75) is 25.6 Å². The predicted octanol–water partition coefficient (Wildman–Crippen LogP) is 5.00. The summed E-state index contributed by atoms with van der Waals surface area (Å²) in [4.78, 5) is 28.4. The molecule has 14 heteroatoms. The zero-order valence-corrected chi connectivity index (χ0v) is 20.3. The molecule has 0 aliphatic rings. The zero-order valence-electron chi connectivity index (χ0n) is 18.7. The van der Waals surface area contributed by atoms with Crippen LogP contribution in [0, 0.1) is 0 Å². The summed E-state index contributed by atoms with van der Waals surface area (Å²) in [5.74, 6) is -0.602. The van der Waals surface area contributed by atoms with Crippen LogP contribution in [0.3, 0.4) is 0 Å². The summed E-state index contributed by atoms with van der Waals surface area (Å²) in [7, 11) is 1.17. The quantitative estimate of drug-likeness (QED) is 0.320. The molecule has 1 aromatic carbocycles. The molecule has 0 aliphatic carbocycles. The molecule has 9 nitrogen and oxygen atoms in total. The fourth-order valence-electron chi connectivity index (χ4n) is 3.02. The lowest BCUT2D eigenvalue weighted by molar-refractivity contribution is -0.136. The Bertz CT molecular complexity index is 1380. The van der Waals surface area contributed by atoms with E-state index in [-0.39, 0.29) is 37.3 Å². The monoisotopic (exact) mass is 528 g/mol. The average molecular weight is 529 g/mol. The van der Waals surface area contributed by atoms with Crippen molar-refractivity contribution in [3.05, 3.63) is 53.5 Å². The van der Waals surface area contributed by atoms with Crippen LogP contribution >= 0.6 is 22.9 Å². The number of benzene rings is 1. The molecular weight excluding hydrogens is 509 g/mol. The van der Waals surface area contributed by atoms with Gasteiger partial charge in [-0.3, -0.25) is 20.5 Å². The molecule has 2 aromatic heterocycles. The van der Waals surface area contributed by atoms with Gasteiger partial charge in [0, 0.05) is 11.1 Å². The zero-order chi connectivity index (χ0) is 26.1. The highest BCUT2D eigenvalue weighted by atomic mass is 35.5. The van der Waals surface area contributed by atoms with E-state index in [1.54, 1.807) is 0 Å². The van der Waals surface area contributed by atoms with Crippen molar-refractivity contribution in [3.63, 3.8) is 0 Å². The number of aromatic nitrogens is 3. The lowest BCUT2D eigenvalue weighted by atomic mass is 10.0. The summed E-state index contributed by atoms with van der Waals surface area (Å²) in [5, 5.41) is 14.5. The summed E-state index contributed by atoms with van der Waals surface area (Å²) >= 11 is 6.77. The number of nitrogens with one attached hydrogen (secondary N) is 4. The normalized spacial score (nSPS) is 12.5. The van der Waals surface area contributed by atoms with Crippen molar-refractivity contribution in [1.82, 2.24) is 25.8 Å². The number of allylic oxidation sites excluding steroid dienone is 2. The molecule has 0 saturated carbocycles. The first-order valence-electron chi connectivity index (χ1n) is 9.76. The van der Waals surface area contributed by atoms with Gasteiger partial charge < -0.3 is 10.1 Å². The number of H-pyrrole nitrogens is 1. The van der Waals surface area contributed by atoms with E-state index in [9.17, 15) is 22.8 Å². The van der Waals surface area contributed by atoms with Crippen molar-refractivity contribution >= 4 is 61.2 Å². The number of hydrogen-bond donors (Lipinski definition) is 4. The van der Waals surface area contributed by atoms with Gasteiger partial charge in [0.25, 0.3) is 5.91 Å². The predicted molar refractivity (Wildman–Crippen MR) is 128 cm³/mol. The molecule has 186 valence electrons. The van der Waals surface area contributed by atoms with Crippen molar-refractivity contribution in [2.24, 2.45) is 0 Å². The van der Waals surface area contributed by atoms with Gasteiger partial charge in [-0.25, -0.2) is 9.78 Å². The van der Waals surface area contributed by atoms with Gasteiger partial charge in [-0.1, -0.05) is 36.1 Å². The first-order valence-corrected chi connectivity index (χ1v) is 11.0. The number of carbonyl (C=O) groups is 2. The van der Waals surface area contributed by atoms with Crippen LogP contribution in [0.4, 0.5) is 23.1 Å². The third-order valence-corrected chi connectivity index (χ3v) is 5.89. The molecule has 0 fully saturated rings.